The van der Waals surface area contributed by atoms with Gasteiger partial charge in [0, 0.05) is 24.9 Å². The minimum Gasteiger partial charge on any atom is -0.480 e. The van der Waals surface area contributed by atoms with E-state index in [-0.39, 0.29) is 24.8 Å². The molecule has 0 aromatic heterocycles. The third kappa shape index (κ3) is 2.85. The highest BCUT2D eigenvalue weighted by molar-refractivity contribution is 5.88. The molecule has 134 valence electrons. The van der Waals surface area contributed by atoms with E-state index in [9.17, 15) is 23.5 Å². The Bertz CT molecular complexity index is 898. The Morgan fingerprint density at radius 1 is 1.08 bits per heavy atom. The fraction of sp³-hybridized carbons (Fsp3) is 0.300. The first kappa shape index (κ1) is 16.7. The van der Waals surface area contributed by atoms with Crippen LogP contribution in [-0.4, -0.2) is 27.9 Å². The van der Waals surface area contributed by atoms with Crippen LogP contribution >= 0.6 is 0 Å². The van der Waals surface area contributed by atoms with Crippen LogP contribution in [0.5, 0.6) is 0 Å². The van der Waals surface area contributed by atoms with Crippen molar-refractivity contribution in [3.05, 3.63) is 70.8 Å². The Balaban J connectivity index is 1.57. The second-order valence-corrected chi connectivity index (χ2v) is 6.91. The fourth-order valence-corrected chi connectivity index (χ4v) is 3.80. The number of hydrogen-bond donors (Lipinski definition) is 1. The van der Waals surface area contributed by atoms with Crippen molar-refractivity contribution < 1.29 is 23.5 Å². The summed E-state index contributed by atoms with van der Waals surface area (Å²) in [5, 5.41) is 9.55. The van der Waals surface area contributed by atoms with Crippen LogP contribution in [0.2, 0.25) is 0 Å². The summed E-state index contributed by atoms with van der Waals surface area (Å²) in [7, 11) is 0. The lowest BCUT2D eigenvalue weighted by Gasteiger charge is -2.34. The summed E-state index contributed by atoms with van der Waals surface area (Å²) in [6.45, 7) is 0.237. The van der Waals surface area contributed by atoms with Gasteiger partial charge in [-0.1, -0.05) is 30.3 Å². The maximum atomic E-state index is 14.0. The van der Waals surface area contributed by atoms with Crippen LogP contribution in [0.1, 0.15) is 29.0 Å². The zero-order valence-electron chi connectivity index (χ0n) is 13.9. The van der Waals surface area contributed by atoms with Gasteiger partial charge < -0.3 is 10.0 Å². The number of carboxylic acid groups (broad SMARTS) is 1. The van der Waals surface area contributed by atoms with Crippen LogP contribution < -0.4 is 0 Å². The van der Waals surface area contributed by atoms with Gasteiger partial charge in [0.05, 0.1) is 0 Å². The molecule has 26 heavy (non-hydrogen) atoms. The lowest BCUT2D eigenvalue weighted by Crippen LogP contribution is -2.49. The third-order valence-corrected chi connectivity index (χ3v) is 5.29. The van der Waals surface area contributed by atoms with Gasteiger partial charge in [0.15, 0.2) is 0 Å². The molecule has 1 saturated carbocycles. The highest BCUT2D eigenvalue weighted by atomic mass is 19.1. The number of aliphatic carboxylic acids is 1. The van der Waals surface area contributed by atoms with Crippen LogP contribution in [0.3, 0.4) is 0 Å². The Morgan fingerprint density at radius 3 is 2.50 bits per heavy atom. The third-order valence-electron chi connectivity index (χ3n) is 5.29. The number of carbonyl (C=O) groups excluding carboxylic acids is 1. The number of rotatable bonds is 3. The molecule has 3 unspecified atom stereocenters. The van der Waals surface area contributed by atoms with Crippen LogP contribution in [0.4, 0.5) is 8.78 Å². The molecule has 4 rings (SSSR count). The van der Waals surface area contributed by atoms with Crippen molar-refractivity contribution >= 4 is 11.9 Å². The van der Waals surface area contributed by atoms with Gasteiger partial charge in [0.1, 0.15) is 17.7 Å². The number of benzene rings is 2. The zero-order chi connectivity index (χ0) is 18.4. The molecule has 0 radical (unpaired) electrons. The van der Waals surface area contributed by atoms with E-state index < -0.39 is 29.6 Å². The molecule has 4 nitrogen and oxygen atoms in total. The number of hydrogen-bond acceptors (Lipinski definition) is 2. The highest BCUT2D eigenvalue weighted by Crippen LogP contribution is 2.50. The van der Waals surface area contributed by atoms with Crippen molar-refractivity contribution in [2.45, 2.75) is 31.3 Å². The maximum absolute atomic E-state index is 14.0. The molecule has 2 aromatic carbocycles. The summed E-state index contributed by atoms with van der Waals surface area (Å²) in [6.07, 6.45) is 0.714. The smallest absolute Gasteiger partial charge is 0.326 e. The molecule has 0 bridgehead atoms. The molecule has 3 atom stereocenters. The van der Waals surface area contributed by atoms with Crippen LogP contribution in [-0.2, 0) is 22.6 Å². The number of fused-ring (bicyclic) bond motifs is 1. The number of carbonyl (C=O) groups is 2. The van der Waals surface area contributed by atoms with Crippen molar-refractivity contribution in [3.8, 4) is 0 Å². The minimum atomic E-state index is -1.04. The topological polar surface area (TPSA) is 57.6 Å². The molecule has 2 aromatic rings. The first-order chi connectivity index (χ1) is 12.5. The molecule has 2 aliphatic rings. The van der Waals surface area contributed by atoms with Crippen molar-refractivity contribution in [3.63, 3.8) is 0 Å². The molecule has 1 amide bonds. The van der Waals surface area contributed by atoms with Gasteiger partial charge in [0.2, 0.25) is 5.91 Å². The largest absolute Gasteiger partial charge is 0.480 e. The van der Waals surface area contributed by atoms with Gasteiger partial charge in [-0.25, -0.2) is 13.6 Å². The zero-order valence-corrected chi connectivity index (χ0v) is 13.9. The van der Waals surface area contributed by atoms with E-state index in [2.05, 4.69) is 0 Å². The molecule has 1 fully saturated rings. The fourth-order valence-electron chi connectivity index (χ4n) is 3.80. The molecule has 1 heterocycles. The number of halogens is 2. The number of carboxylic acids is 1. The van der Waals surface area contributed by atoms with E-state index in [0.29, 0.717) is 12.0 Å². The molecule has 0 spiro atoms. The van der Waals surface area contributed by atoms with Gasteiger partial charge in [-0.15, -0.1) is 0 Å². The van der Waals surface area contributed by atoms with Gasteiger partial charge in [-0.3, -0.25) is 4.79 Å². The summed E-state index contributed by atoms with van der Waals surface area (Å²) in [5.41, 5.74) is 2.18. The van der Waals surface area contributed by atoms with Gasteiger partial charge in [-0.2, -0.15) is 0 Å². The van der Waals surface area contributed by atoms with E-state index in [1.165, 1.54) is 17.0 Å². The van der Waals surface area contributed by atoms with Crippen molar-refractivity contribution in [1.29, 1.82) is 0 Å². The van der Waals surface area contributed by atoms with Crippen molar-refractivity contribution in [1.82, 2.24) is 4.90 Å². The van der Waals surface area contributed by atoms with E-state index in [1.807, 2.05) is 24.3 Å². The maximum Gasteiger partial charge on any atom is 0.326 e. The summed E-state index contributed by atoms with van der Waals surface area (Å²) >= 11 is 0. The second kappa shape index (κ2) is 6.20. The van der Waals surface area contributed by atoms with E-state index >= 15 is 0 Å². The summed E-state index contributed by atoms with van der Waals surface area (Å²) in [5.74, 6) is -3.42. The quantitative estimate of drug-likeness (QED) is 0.918. The molecule has 1 N–H and O–H groups in total. The first-order valence-electron chi connectivity index (χ1n) is 8.50. The summed E-state index contributed by atoms with van der Waals surface area (Å²) < 4.78 is 27.0. The average Bonchev–Trinajstić information content (AvgIpc) is 3.40. The van der Waals surface area contributed by atoms with Gasteiger partial charge in [0.25, 0.3) is 0 Å². The number of nitrogens with zero attached hydrogens (tertiary/aromatic N) is 1. The Hall–Kier alpha value is -2.76. The SMILES string of the molecule is O=C(O)C1Cc2ccccc2CN1C(=O)C1CC1c1ccc(F)cc1F. The normalized spacial score (nSPS) is 24.1. The highest BCUT2D eigenvalue weighted by Gasteiger charge is 2.49. The van der Waals surface area contributed by atoms with E-state index in [4.69, 9.17) is 0 Å². The Labute approximate surface area is 149 Å². The monoisotopic (exact) mass is 357 g/mol. The molecule has 0 saturated heterocycles. The van der Waals surface area contributed by atoms with Gasteiger partial charge >= 0.3 is 5.97 Å². The lowest BCUT2D eigenvalue weighted by atomic mass is 9.93. The Kier molecular flexibility index (Phi) is 3.98. The van der Waals surface area contributed by atoms with E-state index in [0.717, 1.165) is 17.2 Å². The average molecular weight is 357 g/mol. The van der Waals surface area contributed by atoms with Crippen LogP contribution in [0.15, 0.2) is 42.5 Å². The van der Waals surface area contributed by atoms with Gasteiger partial charge in [-0.05, 0) is 35.1 Å². The molecule has 1 aliphatic carbocycles. The summed E-state index contributed by atoms with van der Waals surface area (Å²) in [4.78, 5) is 26.0. The van der Waals surface area contributed by atoms with Crippen molar-refractivity contribution in [2.24, 2.45) is 5.92 Å². The standard InChI is InChI=1S/C20H17F2NO3/c21-13-5-6-14(17(22)8-13)15-9-16(15)19(24)23-10-12-4-2-1-3-11(12)7-18(23)20(25)26/h1-6,8,15-16,18H,7,9-10H2,(H,25,26). The number of amides is 1. The molecular formula is C20H17F2NO3. The first-order valence-corrected chi connectivity index (χ1v) is 8.50. The summed E-state index contributed by atoms with van der Waals surface area (Å²) in [6, 6.07) is 9.90. The lowest BCUT2D eigenvalue weighted by molar-refractivity contribution is -0.152. The Morgan fingerprint density at radius 2 is 1.81 bits per heavy atom. The molecule has 1 aliphatic heterocycles. The molecule has 6 heteroatoms. The van der Waals surface area contributed by atoms with Crippen LogP contribution in [0, 0.1) is 17.6 Å². The predicted octanol–water partition coefficient (Wildman–Crippen LogP) is 3.11. The minimum absolute atomic E-state index is 0.237. The second-order valence-electron chi connectivity index (χ2n) is 6.91. The van der Waals surface area contributed by atoms with Crippen LogP contribution in [0.25, 0.3) is 0 Å². The molecular weight excluding hydrogens is 340 g/mol. The van der Waals surface area contributed by atoms with E-state index in [1.54, 1.807) is 0 Å². The predicted molar refractivity (Wildman–Crippen MR) is 89.3 cm³/mol. The van der Waals surface area contributed by atoms with Crippen molar-refractivity contribution in [2.75, 3.05) is 0 Å².